The minimum Gasteiger partial charge on any atom is -0.367 e. The fourth-order valence-electron chi connectivity index (χ4n) is 3.28. The number of carbonyl (C=O) groups excluding carboxylic acids is 1. The van der Waals surface area contributed by atoms with Gasteiger partial charge in [-0.1, -0.05) is 48.5 Å². The molecule has 1 aliphatic rings. The second-order valence-corrected chi connectivity index (χ2v) is 6.32. The van der Waals surface area contributed by atoms with Crippen LogP contribution < -0.4 is 10.2 Å². The summed E-state index contributed by atoms with van der Waals surface area (Å²) < 4.78 is 0. The van der Waals surface area contributed by atoms with Crippen LogP contribution >= 0.6 is 0 Å². The molecule has 3 heteroatoms. The van der Waals surface area contributed by atoms with Crippen molar-refractivity contribution in [3.05, 3.63) is 95.6 Å². The van der Waals surface area contributed by atoms with Gasteiger partial charge in [0, 0.05) is 30.0 Å². The minimum atomic E-state index is -0.0794. The van der Waals surface area contributed by atoms with Gasteiger partial charge in [-0.25, -0.2) is 0 Å². The van der Waals surface area contributed by atoms with Gasteiger partial charge in [0.05, 0.1) is 0 Å². The van der Waals surface area contributed by atoms with Crippen molar-refractivity contribution in [1.82, 2.24) is 0 Å². The van der Waals surface area contributed by atoms with E-state index in [0.29, 0.717) is 5.56 Å². The molecular formula is C22H20N2O. The lowest BCUT2D eigenvalue weighted by Crippen LogP contribution is -2.19. The molecular weight excluding hydrogens is 308 g/mol. The predicted octanol–water partition coefficient (Wildman–Crippen LogP) is 4.50. The van der Waals surface area contributed by atoms with Gasteiger partial charge in [0.2, 0.25) is 0 Å². The van der Waals surface area contributed by atoms with Crippen molar-refractivity contribution in [2.75, 3.05) is 16.8 Å². The lowest BCUT2D eigenvalue weighted by Gasteiger charge is -2.19. The van der Waals surface area contributed by atoms with E-state index in [1.165, 1.54) is 16.8 Å². The quantitative estimate of drug-likeness (QED) is 0.765. The molecule has 1 aliphatic heterocycles. The van der Waals surface area contributed by atoms with Gasteiger partial charge in [0.25, 0.3) is 5.91 Å². The number of nitrogens with zero attached hydrogens (tertiary/aromatic N) is 1. The molecule has 0 radical (unpaired) electrons. The molecule has 0 aromatic heterocycles. The van der Waals surface area contributed by atoms with Crippen LogP contribution in [0.1, 0.15) is 21.5 Å². The maximum Gasteiger partial charge on any atom is 0.255 e. The van der Waals surface area contributed by atoms with Crippen LogP contribution in [0.15, 0.2) is 78.9 Å². The number of hydrogen-bond acceptors (Lipinski definition) is 2. The molecule has 25 heavy (non-hydrogen) atoms. The van der Waals surface area contributed by atoms with Crippen molar-refractivity contribution in [1.29, 1.82) is 0 Å². The summed E-state index contributed by atoms with van der Waals surface area (Å²) in [5, 5.41) is 2.91. The number of rotatable bonds is 4. The van der Waals surface area contributed by atoms with Crippen LogP contribution in [0.5, 0.6) is 0 Å². The highest BCUT2D eigenvalue weighted by Gasteiger charge is 2.18. The molecule has 1 amide bonds. The zero-order valence-corrected chi connectivity index (χ0v) is 14.0. The molecule has 0 saturated carbocycles. The highest BCUT2D eigenvalue weighted by Crippen LogP contribution is 2.28. The molecule has 3 aromatic carbocycles. The molecule has 4 rings (SSSR count). The second kappa shape index (κ2) is 6.81. The molecule has 0 saturated heterocycles. The standard InChI is InChI=1S/C22H20N2O/c25-22(23-20-7-2-1-3-8-20)19-12-10-17(11-13-19)16-24-15-14-18-6-4-5-9-21(18)24/h1-13H,14-16H2,(H,23,25). The van der Waals surface area contributed by atoms with Crippen LogP contribution in [0, 0.1) is 0 Å². The summed E-state index contributed by atoms with van der Waals surface area (Å²) in [6, 6.07) is 26.0. The van der Waals surface area contributed by atoms with E-state index < -0.39 is 0 Å². The first-order chi connectivity index (χ1) is 12.3. The van der Waals surface area contributed by atoms with E-state index in [2.05, 4.69) is 34.5 Å². The molecule has 1 heterocycles. The molecule has 3 nitrogen and oxygen atoms in total. The van der Waals surface area contributed by atoms with E-state index in [1.54, 1.807) is 0 Å². The summed E-state index contributed by atoms with van der Waals surface area (Å²) in [5.41, 5.74) is 5.45. The lowest BCUT2D eigenvalue weighted by atomic mass is 10.1. The Labute approximate surface area is 147 Å². The van der Waals surface area contributed by atoms with Gasteiger partial charge >= 0.3 is 0 Å². The molecule has 0 spiro atoms. The number of para-hydroxylation sites is 2. The molecule has 124 valence electrons. The fraction of sp³-hybridized carbons (Fsp3) is 0.136. The SMILES string of the molecule is O=C(Nc1ccccc1)c1ccc(CN2CCc3ccccc32)cc1. The van der Waals surface area contributed by atoms with E-state index in [0.717, 1.165) is 25.2 Å². The van der Waals surface area contributed by atoms with Gasteiger partial charge in [-0.3, -0.25) is 4.79 Å². The number of benzene rings is 3. The van der Waals surface area contributed by atoms with Crippen LogP contribution in [0.2, 0.25) is 0 Å². The number of amides is 1. The molecule has 1 N–H and O–H groups in total. The number of carbonyl (C=O) groups is 1. The zero-order valence-electron chi connectivity index (χ0n) is 14.0. The average molecular weight is 328 g/mol. The Hall–Kier alpha value is -3.07. The highest BCUT2D eigenvalue weighted by molar-refractivity contribution is 6.04. The number of anilines is 2. The maximum absolute atomic E-state index is 12.3. The van der Waals surface area contributed by atoms with Crippen LogP contribution in [0.25, 0.3) is 0 Å². The summed E-state index contributed by atoms with van der Waals surface area (Å²) in [6.45, 7) is 1.92. The Morgan fingerprint density at radius 2 is 1.60 bits per heavy atom. The van der Waals surface area contributed by atoms with Crippen molar-refractivity contribution < 1.29 is 4.79 Å². The Morgan fingerprint density at radius 1 is 0.880 bits per heavy atom. The molecule has 0 unspecified atom stereocenters. The monoisotopic (exact) mass is 328 g/mol. The van der Waals surface area contributed by atoms with Gasteiger partial charge in [0.1, 0.15) is 0 Å². The van der Waals surface area contributed by atoms with Crippen LogP contribution in [-0.2, 0) is 13.0 Å². The van der Waals surface area contributed by atoms with Crippen LogP contribution in [0.4, 0.5) is 11.4 Å². The van der Waals surface area contributed by atoms with Crippen molar-refractivity contribution in [3.8, 4) is 0 Å². The normalized spacial score (nSPS) is 12.7. The van der Waals surface area contributed by atoms with Gasteiger partial charge in [-0.15, -0.1) is 0 Å². The highest BCUT2D eigenvalue weighted by atomic mass is 16.1. The molecule has 3 aromatic rings. The predicted molar refractivity (Wildman–Crippen MR) is 102 cm³/mol. The lowest BCUT2D eigenvalue weighted by molar-refractivity contribution is 0.102. The molecule has 0 fully saturated rings. The van der Waals surface area contributed by atoms with Gasteiger partial charge < -0.3 is 10.2 Å². The van der Waals surface area contributed by atoms with E-state index >= 15 is 0 Å². The van der Waals surface area contributed by atoms with Crippen molar-refractivity contribution in [2.24, 2.45) is 0 Å². The third-order valence-corrected chi connectivity index (χ3v) is 4.60. The van der Waals surface area contributed by atoms with Gasteiger partial charge in [-0.2, -0.15) is 0 Å². The zero-order chi connectivity index (χ0) is 17.1. The first-order valence-corrected chi connectivity index (χ1v) is 8.58. The third kappa shape index (κ3) is 3.41. The first-order valence-electron chi connectivity index (χ1n) is 8.58. The fourth-order valence-corrected chi connectivity index (χ4v) is 3.28. The summed E-state index contributed by atoms with van der Waals surface area (Å²) in [5.74, 6) is -0.0794. The van der Waals surface area contributed by atoms with Crippen molar-refractivity contribution in [2.45, 2.75) is 13.0 Å². The van der Waals surface area contributed by atoms with Crippen LogP contribution in [-0.4, -0.2) is 12.5 Å². The molecule has 0 atom stereocenters. The van der Waals surface area contributed by atoms with E-state index in [-0.39, 0.29) is 5.91 Å². The molecule has 0 aliphatic carbocycles. The molecule has 0 bridgehead atoms. The van der Waals surface area contributed by atoms with Crippen LogP contribution in [0.3, 0.4) is 0 Å². The van der Waals surface area contributed by atoms with E-state index in [1.807, 2.05) is 54.6 Å². The van der Waals surface area contributed by atoms with Crippen molar-refractivity contribution in [3.63, 3.8) is 0 Å². The van der Waals surface area contributed by atoms with Gasteiger partial charge in [-0.05, 0) is 47.9 Å². The van der Waals surface area contributed by atoms with Gasteiger partial charge in [0.15, 0.2) is 0 Å². The Kier molecular flexibility index (Phi) is 4.21. The number of nitrogens with one attached hydrogen (secondary N) is 1. The summed E-state index contributed by atoms with van der Waals surface area (Å²) in [4.78, 5) is 14.7. The Balaban J connectivity index is 1.43. The smallest absolute Gasteiger partial charge is 0.255 e. The largest absolute Gasteiger partial charge is 0.367 e. The summed E-state index contributed by atoms with van der Waals surface area (Å²) in [7, 11) is 0. The average Bonchev–Trinajstić information content (AvgIpc) is 3.06. The topological polar surface area (TPSA) is 32.3 Å². The Bertz CT molecular complexity index is 872. The van der Waals surface area contributed by atoms with Crippen molar-refractivity contribution >= 4 is 17.3 Å². The second-order valence-electron chi connectivity index (χ2n) is 6.32. The number of fused-ring (bicyclic) bond motifs is 1. The van der Waals surface area contributed by atoms with E-state index in [9.17, 15) is 4.79 Å². The summed E-state index contributed by atoms with van der Waals surface area (Å²) in [6.07, 6.45) is 1.10. The maximum atomic E-state index is 12.3. The summed E-state index contributed by atoms with van der Waals surface area (Å²) >= 11 is 0. The first kappa shape index (κ1) is 15.5. The third-order valence-electron chi connectivity index (χ3n) is 4.60. The number of hydrogen-bond donors (Lipinski definition) is 1. The van der Waals surface area contributed by atoms with E-state index in [4.69, 9.17) is 0 Å². The Morgan fingerprint density at radius 3 is 2.40 bits per heavy atom. The minimum absolute atomic E-state index is 0.0794.